The molecule has 5 nitrogen and oxygen atoms in total. The van der Waals surface area contributed by atoms with Crippen LogP contribution in [-0.2, 0) is 11.3 Å². The van der Waals surface area contributed by atoms with E-state index in [9.17, 15) is 9.59 Å². The maximum Gasteiger partial charge on any atom is 0.411 e. The van der Waals surface area contributed by atoms with Gasteiger partial charge in [0.2, 0.25) is 0 Å². The molecule has 2 aromatic rings. The topological polar surface area (TPSA) is 67.4 Å². The maximum atomic E-state index is 12.6. The minimum atomic E-state index is -0.577. The van der Waals surface area contributed by atoms with Crippen LogP contribution >= 0.6 is 0 Å². The van der Waals surface area contributed by atoms with Gasteiger partial charge in [-0.05, 0) is 30.5 Å². The van der Waals surface area contributed by atoms with Gasteiger partial charge in [0.25, 0.3) is 5.91 Å². The molecule has 1 saturated carbocycles. The molecule has 26 heavy (non-hydrogen) atoms. The van der Waals surface area contributed by atoms with Gasteiger partial charge in [-0.3, -0.25) is 10.1 Å². The van der Waals surface area contributed by atoms with Gasteiger partial charge in [0, 0.05) is 6.04 Å². The second-order valence-electron chi connectivity index (χ2n) is 6.54. The van der Waals surface area contributed by atoms with Gasteiger partial charge in [-0.1, -0.05) is 61.7 Å². The Balaban J connectivity index is 1.59. The Kier molecular flexibility index (Phi) is 6.25. The zero-order valence-electron chi connectivity index (χ0n) is 14.7. The number of rotatable bonds is 5. The standard InChI is InChI=1S/C21H24N2O3/c24-20(22-17-11-5-2-6-12-17)18-13-7-8-14-19(18)23-21(25)26-15-16-9-3-1-4-10-16/h1,3-4,7-10,13-14,17H,2,5-6,11-12,15H2,(H,22,24)(H,23,25). The minimum Gasteiger partial charge on any atom is -0.444 e. The molecular formula is C21H24N2O3. The van der Waals surface area contributed by atoms with Crippen LogP contribution in [0.5, 0.6) is 0 Å². The number of ether oxygens (including phenoxy) is 1. The molecule has 0 saturated heterocycles. The van der Waals surface area contributed by atoms with Crippen molar-refractivity contribution in [1.29, 1.82) is 0 Å². The highest BCUT2D eigenvalue weighted by Gasteiger charge is 2.19. The summed E-state index contributed by atoms with van der Waals surface area (Å²) < 4.78 is 5.23. The zero-order valence-corrected chi connectivity index (χ0v) is 14.7. The molecule has 2 amide bonds. The van der Waals surface area contributed by atoms with E-state index in [0.717, 1.165) is 31.2 Å². The first-order valence-electron chi connectivity index (χ1n) is 9.10. The summed E-state index contributed by atoms with van der Waals surface area (Å²) >= 11 is 0. The average Bonchev–Trinajstić information content (AvgIpc) is 2.68. The summed E-state index contributed by atoms with van der Waals surface area (Å²) in [4.78, 5) is 24.7. The number of carbonyl (C=O) groups excluding carboxylic acids is 2. The number of hydrogen-bond donors (Lipinski definition) is 2. The Morgan fingerprint density at radius 3 is 2.38 bits per heavy atom. The second-order valence-corrected chi connectivity index (χ2v) is 6.54. The lowest BCUT2D eigenvalue weighted by Gasteiger charge is -2.23. The number of carbonyl (C=O) groups is 2. The van der Waals surface area contributed by atoms with Gasteiger partial charge in [0.15, 0.2) is 0 Å². The molecule has 2 aromatic carbocycles. The van der Waals surface area contributed by atoms with Crippen molar-refractivity contribution in [2.75, 3.05) is 5.32 Å². The molecule has 2 N–H and O–H groups in total. The zero-order chi connectivity index (χ0) is 18.2. The lowest BCUT2D eigenvalue weighted by Crippen LogP contribution is -2.36. The largest absolute Gasteiger partial charge is 0.444 e. The van der Waals surface area contributed by atoms with E-state index in [-0.39, 0.29) is 18.6 Å². The molecule has 0 aromatic heterocycles. The number of hydrogen-bond acceptors (Lipinski definition) is 3. The maximum absolute atomic E-state index is 12.6. The lowest BCUT2D eigenvalue weighted by atomic mass is 9.95. The van der Waals surface area contributed by atoms with Crippen molar-refractivity contribution in [2.45, 2.75) is 44.8 Å². The van der Waals surface area contributed by atoms with Gasteiger partial charge in [-0.2, -0.15) is 0 Å². The van der Waals surface area contributed by atoms with Crippen molar-refractivity contribution in [2.24, 2.45) is 0 Å². The normalized spacial score (nSPS) is 14.5. The van der Waals surface area contributed by atoms with Crippen LogP contribution in [0.1, 0.15) is 48.0 Å². The van der Waals surface area contributed by atoms with Gasteiger partial charge in [-0.15, -0.1) is 0 Å². The molecule has 0 unspecified atom stereocenters. The summed E-state index contributed by atoms with van der Waals surface area (Å²) in [5, 5.41) is 5.75. The van der Waals surface area contributed by atoms with Crippen LogP contribution in [0, 0.1) is 0 Å². The van der Waals surface area contributed by atoms with E-state index in [4.69, 9.17) is 4.74 Å². The van der Waals surface area contributed by atoms with Crippen LogP contribution < -0.4 is 10.6 Å². The fourth-order valence-electron chi connectivity index (χ4n) is 3.17. The van der Waals surface area contributed by atoms with Crippen molar-refractivity contribution in [3.8, 4) is 0 Å². The summed E-state index contributed by atoms with van der Waals surface area (Å²) in [6, 6.07) is 16.7. The Morgan fingerprint density at radius 1 is 0.923 bits per heavy atom. The molecule has 0 aliphatic heterocycles. The minimum absolute atomic E-state index is 0.157. The van der Waals surface area contributed by atoms with E-state index < -0.39 is 6.09 Å². The van der Waals surface area contributed by atoms with Crippen molar-refractivity contribution >= 4 is 17.7 Å². The van der Waals surface area contributed by atoms with Crippen LogP contribution in [-0.4, -0.2) is 18.0 Å². The van der Waals surface area contributed by atoms with E-state index in [1.165, 1.54) is 6.42 Å². The summed E-state index contributed by atoms with van der Waals surface area (Å²) in [6.45, 7) is 0.184. The molecule has 1 aliphatic carbocycles. The van der Waals surface area contributed by atoms with Gasteiger partial charge in [0.1, 0.15) is 6.61 Å². The fourth-order valence-corrected chi connectivity index (χ4v) is 3.17. The van der Waals surface area contributed by atoms with Crippen molar-refractivity contribution in [3.05, 3.63) is 65.7 Å². The molecule has 5 heteroatoms. The SMILES string of the molecule is O=C(Nc1ccccc1C(=O)NC1CCCCC1)OCc1ccccc1. The number of nitrogens with one attached hydrogen (secondary N) is 2. The predicted octanol–water partition coefficient (Wildman–Crippen LogP) is 4.50. The number of amides is 2. The molecular weight excluding hydrogens is 328 g/mol. The van der Waals surface area contributed by atoms with E-state index in [0.29, 0.717) is 11.3 Å². The van der Waals surface area contributed by atoms with E-state index in [1.54, 1.807) is 24.3 Å². The number of benzene rings is 2. The van der Waals surface area contributed by atoms with E-state index >= 15 is 0 Å². The number of anilines is 1. The third kappa shape index (κ3) is 5.09. The van der Waals surface area contributed by atoms with E-state index in [2.05, 4.69) is 10.6 Å². The predicted molar refractivity (Wildman–Crippen MR) is 101 cm³/mol. The fraction of sp³-hybridized carbons (Fsp3) is 0.333. The van der Waals surface area contributed by atoms with Gasteiger partial charge in [-0.25, -0.2) is 4.79 Å². The Labute approximate surface area is 153 Å². The Morgan fingerprint density at radius 2 is 1.62 bits per heavy atom. The smallest absolute Gasteiger partial charge is 0.411 e. The third-order valence-electron chi connectivity index (χ3n) is 4.56. The highest BCUT2D eigenvalue weighted by Crippen LogP contribution is 2.20. The molecule has 1 fully saturated rings. The summed E-state index contributed by atoms with van der Waals surface area (Å²) in [7, 11) is 0. The first-order valence-corrected chi connectivity index (χ1v) is 9.10. The van der Waals surface area contributed by atoms with Crippen LogP contribution in [0.4, 0.5) is 10.5 Å². The molecule has 0 bridgehead atoms. The Bertz CT molecular complexity index is 740. The monoisotopic (exact) mass is 352 g/mol. The second kappa shape index (κ2) is 9.04. The van der Waals surface area contributed by atoms with E-state index in [1.807, 2.05) is 30.3 Å². The van der Waals surface area contributed by atoms with Crippen LogP contribution in [0.25, 0.3) is 0 Å². The lowest BCUT2D eigenvalue weighted by molar-refractivity contribution is 0.0928. The van der Waals surface area contributed by atoms with Crippen molar-refractivity contribution < 1.29 is 14.3 Å². The summed E-state index contributed by atoms with van der Waals surface area (Å²) in [6.07, 6.45) is 4.98. The molecule has 0 spiro atoms. The first kappa shape index (κ1) is 18.0. The molecule has 136 valence electrons. The Hall–Kier alpha value is -2.82. The quantitative estimate of drug-likeness (QED) is 0.833. The number of para-hydroxylation sites is 1. The van der Waals surface area contributed by atoms with Crippen LogP contribution in [0.2, 0.25) is 0 Å². The molecule has 0 radical (unpaired) electrons. The van der Waals surface area contributed by atoms with Gasteiger partial charge < -0.3 is 10.1 Å². The average molecular weight is 352 g/mol. The molecule has 3 rings (SSSR count). The van der Waals surface area contributed by atoms with Crippen molar-refractivity contribution in [3.63, 3.8) is 0 Å². The molecule has 0 atom stereocenters. The highest BCUT2D eigenvalue weighted by molar-refractivity contribution is 6.02. The van der Waals surface area contributed by atoms with Crippen LogP contribution in [0.3, 0.4) is 0 Å². The van der Waals surface area contributed by atoms with Gasteiger partial charge in [0.05, 0.1) is 11.3 Å². The molecule has 1 aliphatic rings. The van der Waals surface area contributed by atoms with Crippen LogP contribution in [0.15, 0.2) is 54.6 Å². The molecule has 0 heterocycles. The first-order chi connectivity index (χ1) is 12.7. The van der Waals surface area contributed by atoms with Gasteiger partial charge >= 0.3 is 6.09 Å². The summed E-state index contributed by atoms with van der Waals surface area (Å²) in [5.74, 6) is -0.157. The highest BCUT2D eigenvalue weighted by atomic mass is 16.5. The third-order valence-corrected chi connectivity index (χ3v) is 4.56. The summed E-state index contributed by atoms with van der Waals surface area (Å²) in [5.41, 5.74) is 1.82. The van der Waals surface area contributed by atoms with Crippen molar-refractivity contribution in [1.82, 2.24) is 5.32 Å².